The van der Waals surface area contributed by atoms with Gasteiger partial charge in [-0.1, -0.05) is 12.1 Å². The quantitative estimate of drug-likeness (QED) is 0.836. The Hall–Kier alpha value is -1.43. The highest BCUT2D eigenvalue weighted by Crippen LogP contribution is 2.23. The predicted octanol–water partition coefficient (Wildman–Crippen LogP) is 2.10. The number of ether oxygens (including phenoxy) is 3. The normalized spacial score (nSPS) is 20.9. The second-order valence-electron chi connectivity index (χ2n) is 6.27. The number of hydrogen-bond acceptors (Lipinski definition) is 4. The lowest BCUT2D eigenvalue weighted by molar-refractivity contribution is -0.143. The molecule has 22 heavy (non-hydrogen) atoms. The van der Waals surface area contributed by atoms with E-state index in [1.165, 1.54) is 0 Å². The summed E-state index contributed by atoms with van der Waals surface area (Å²) in [5, 5.41) is 0. The molecule has 1 aromatic rings. The fourth-order valence-corrected chi connectivity index (χ4v) is 2.82. The second kappa shape index (κ2) is 7.22. The highest BCUT2D eigenvalue weighted by Gasteiger charge is 2.35. The smallest absolute Gasteiger partial charge is 0.254 e. The van der Waals surface area contributed by atoms with Gasteiger partial charge in [-0.05, 0) is 31.5 Å². The molecule has 1 heterocycles. The molecule has 1 saturated heterocycles. The first-order valence-electron chi connectivity index (χ1n) is 7.49. The molecule has 1 amide bonds. The summed E-state index contributed by atoms with van der Waals surface area (Å²) in [5.41, 5.74) is 1.37. The largest absolute Gasteiger partial charge is 0.382 e. The van der Waals surface area contributed by atoms with Crippen LogP contribution in [0.25, 0.3) is 0 Å². The predicted molar refractivity (Wildman–Crippen MR) is 83.9 cm³/mol. The van der Waals surface area contributed by atoms with Crippen LogP contribution in [-0.4, -0.2) is 56.4 Å². The number of rotatable bonds is 5. The van der Waals surface area contributed by atoms with Crippen LogP contribution in [0, 0.1) is 0 Å². The molecule has 0 aliphatic carbocycles. The van der Waals surface area contributed by atoms with Gasteiger partial charge in [0.2, 0.25) is 0 Å². The summed E-state index contributed by atoms with van der Waals surface area (Å²) in [6, 6.07) is 7.55. The van der Waals surface area contributed by atoms with Crippen molar-refractivity contribution in [1.82, 2.24) is 4.90 Å². The maximum atomic E-state index is 12.7. The highest BCUT2D eigenvalue weighted by molar-refractivity contribution is 5.94. The lowest BCUT2D eigenvalue weighted by atomic mass is 10.0. The molecule has 0 saturated carbocycles. The van der Waals surface area contributed by atoms with E-state index in [4.69, 9.17) is 14.2 Å². The van der Waals surface area contributed by atoms with Crippen molar-refractivity contribution in [3.8, 4) is 0 Å². The third-order valence-electron chi connectivity index (χ3n) is 3.63. The third kappa shape index (κ3) is 4.29. The topological polar surface area (TPSA) is 48.0 Å². The van der Waals surface area contributed by atoms with E-state index >= 15 is 0 Å². The van der Waals surface area contributed by atoms with Gasteiger partial charge in [-0.15, -0.1) is 0 Å². The van der Waals surface area contributed by atoms with E-state index in [-0.39, 0.29) is 17.6 Å². The summed E-state index contributed by atoms with van der Waals surface area (Å²) in [4.78, 5) is 14.6. The van der Waals surface area contributed by atoms with Crippen molar-refractivity contribution in [2.75, 3.05) is 33.9 Å². The van der Waals surface area contributed by atoms with Crippen LogP contribution in [-0.2, 0) is 20.8 Å². The van der Waals surface area contributed by atoms with E-state index in [0.717, 1.165) is 5.56 Å². The van der Waals surface area contributed by atoms with E-state index in [2.05, 4.69) is 0 Å². The van der Waals surface area contributed by atoms with Gasteiger partial charge in [-0.2, -0.15) is 0 Å². The standard InChI is InChI=1S/C17H25NO4/c1-17(2)12-18(9-15(22-17)11-21-4)16(19)14-7-5-13(6-8-14)10-20-3/h5-8,15H,9-12H2,1-4H3/t15-/m1/s1. The molecule has 0 aromatic heterocycles. The fraction of sp³-hybridized carbons (Fsp3) is 0.588. The van der Waals surface area contributed by atoms with Crippen molar-refractivity contribution >= 4 is 5.91 Å². The van der Waals surface area contributed by atoms with E-state index < -0.39 is 0 Å². The van der Waals surface area contributed by atoms with Crippen molar-refractivity contribution in [3.05, 3.63) is 35.4 Å². The van der Waals surface area contributed by atoms with Crippen molar-refractivity contribution in [3.63, 3.8) is 0 Å². The minimum atomic E-state index is -0.368. The highest BCUT2D eigenvalue weighted by atomic mass is 16.5. The van der Waals surface area contributed by atoms with Crippen molar-refractivity contribution < 1.29 is 19.0 Å². The lowest BCUT2D eigenvalue weighted by Crippen LogP contribution is -2.55. The molecule has 122 valence electrons. The average molecular weight is 307 g/mol. The van der Waals surface area contributed by atoms with Gasteiger partial charge in [0, 0.05) is 32.9 Å². The number of hydrogen-bond donors (Lipinski definition) is 0. The minimum Gasteiger partial charge on any atom is -0.382 e. The second-order valence-corrected chi connectivity index (χ2v) is 6.27. The van der Waals surface area contributed by atoms with Crippen LogP contribution in [0.1, 0.15) is 29.8 Å². The molecule has 1 atom stereocenters. The van der Waals surface area contributed by atoms with Crippen LogP contribution < -0.4 is 0 Å². The van der Waals surface area contributed by atoms with Crippen LogP contribution in [0.3, 0.4) is 0 Å². The molecular formula is C17H25NO4. The monoisotopic (exact) mass is 307 g/mol. The SMILES string of the molecule is COCc1ccc(C(=O)N2C[C@H](COC)OC(C)(C)C2)cc1. The van der Waals surface area contributed by atoms with Crippen molar-refractivity contribution in [1.29, 1.82) is 0 Å². The van der Waals surface area contributed by atoms with Gasteiger partial charge in [-0.25, -0.2) is 0 Å². The molecule has 0 bridgehead atoms. The van der Waals surface area contributed by atoms with Crippen LogP contribution in [0.4, 0.5) is 0 Å². The first-order valence-corrected chi connectivity index (χ1v) is 7.49. The van der Waals surface area contributed by atoms with Gasteiger partial charge < -0.3 is 19.1 Å². The molecule has 0 unspecified atom stereocenters. The summed E-state index contributed by atoms with van der Waals surface area (Å²) in [7, 11) is 3.30. The van der Waals surface area contributed by atoms with Gasteiger partial charge in [0.25, 0.3) is 5.91 Å². The molecule has 1 aliphatic rings. The molecule has 0 radical (unpaired) electrons. The van der Waals surface area contributed by atoms with Crippen molar-refractivity contribution in [2.45, 2.75) is 32.2 Å². The van der Waals surface area contributed by atoms with Crippen LogP contribution in [0.5, 0.6) is 0 Å². The Morgan fingerprint density at radius 2 is 1.95 bits per heavy atom. The zero-order chi connectivity index (χ0) is 16.2. The van der Waals surface area contributed by atoms with Gasteiger partial charge >= 0.3 is 0 Å². The van der Waals surface area contributed by atoms with Crippen LogP contribution in [0.15, 0.2) is 24.3 Å². The average Bonchev–Trinajstić information content (AvgIpc) is 2.46. The zero-order valence-electron chi connectivity index (χ0n) is 13.8. The third-order valence-corrected chi connectivity index (χ3v) is 3.63. The van der Waals surface area contributed by atoms with E-state index in [9.17, 15) is 4.79 Å². The summed E-state index contributed by atoms with van der Waals surface area (Å²) >= 11 is 0. The molecule has 5 nitrogen and oxygen atoms in total. The molecule has 1 aromatic carbocycles. The molecular weight excluding hydrogens is 282 g/mol. The first-order chi connectivity index (χ1) is 10.4. The number of morpholine rings is 1. The van der Waals surface area contributed by atoms with Crippen LogP contribution >= 0.6 is 0 Å². The Morgan fingerprint density at radius 1 is 1.27 bits per heavy atom. The fourth-order valence-electron chi connectivity index (χ4n) is 2.82. The maximum absolute atomic E-state index is 12.7. The van der Waals surface area contributed by atoms with E-state index in [1.807, 2.05) is 43.0 Å². The van der Waals surface area contributed by atoms with Gasteiger partial charge in [0.15, 0.2) is 0 Å². The number of nitrogens with zero attached hydrogens (tertiary/aromatic N) is 1. The Labute approximate surface area is 132 Å². The lowest BCUT2D eigenvalue weighted by Gasteiger charge is -2.42. The Kier molecular flexibility index (Phi) is 5.56. The molecule has 1 aliphatic heterocycles. The van der Waals surface area contributed by atoms with E-state index in [0.29, 0.717) is 31.9 Å². The number of amides is 1. The minimum absolute atomic E-state index is 0.0291. The summed E-state index contributed by atoms with van der Waals surface area (Å²) in [6.07, 6.45) is -0.0922. The Balaban J connectivity index is 2.09. The van der Waals surface area contributed by atoms with Gasteiger partial charge in [0.1, 0.15) is 0 Å². The van der Waals surface area contributed by atoms with Gasteiger partial charge in [-0.3, -0.25) is 4.79 Å². The maximum Gasteiger partial charge on any atom is 0.254 e. The molecule has 0 N–H and O–H groups in total. The van der Waals surface area contributed by atoms with Crippen molar-refractivity contribution in [2.24, 2.45) is 0 Å². The number of methoxy groups -OCH3 is 2. The first kappa shape index (κ1) is 16.9. The van der Waals surface area contributed by atoms with E-state index in [1.54, 1.807) is 14.2 Å². The zero-order valence-corrected chi connectivity index (χ0v) is 13.8. The molecule has 2 rings (SSSR count). The molecule has 5 heteroatoms. The summed E-state index contributed by atoms with van der Waals surface area (Å²) < 4.78 is 16.2. The number of benzene rings is 1. The number of carbonyl (C=O) groups is 1. The van der Waals surface area contributed by atoms with Crippen LogP contribution in [0.2, 0.25) is 0 Å². The Bertz CT molecular complexity index is 498. The number of carbonyl (C=O) groups excluding carboxylic acids is 1. The molecule has 0 spiro atoms. The summed E-state index contributed by atoms with van der Waals surface area (Å²) in [5.74, 6) is 0.0291. The molecule has 1 fully saturated rings. The van der Waals surface area contributed by atoms with Gasteiger partial charge in [0.05, 0.1) is 24.9 Å². The Morgan fingerprint density at radius 3 is 2.55 bits per heavy atom. The summed E-state index contributed by atoms with van der Waals surface area (Å²) in [6.45, 7) is 6.16.